The number of benzene rings is 1. The van der Waals surface area contributed by atoms with Crippen LogP contribution < -0.4 is 5.32 Å². The van der Waals surface area contributed by atoms with Crippen LogP contribution in [0.3, 0.4) is 0 Å². The Kier molecular flexibility index (Phi) is 2.57. The lowest BCUT2D eigenvalue weighted by atomic mass is 10.2. The molecular weight excluding hydrogens is 145 g/mol. The van der Waals surface area contributed by atoms with Gasteiger partial charge in [-0.15, -0.1) is 0 Å². The van der Waals surface area contributed by atoms with Crippen molar-refractivity contribution in [3.63, 3.8) is 0 Å². The van der Waals surface area contributed by atoms with E-state index in [1.807, 2.05) is 0 Å². The highest BCUT2D eigenvalue weighted by Gasteiger charge is 2.02. The Hall–Kier alpha value is -0.930. The van der Waals surface area contributed by atoms with E-state index in [-0.39, 0.29) is 5.82 Å². The summed E-state index contributed by atoms with van der Waals surface area (Å²) in [5.41, 5.74) is 0.661. The van der Waals surface area contributed by atoms with Crippen LogP contribution in [0.4, 0.5) is 4.39 Å². The SMILES string of the molecule is CNC(O)c1ccc(F)cc1. The molecule has 11 heavy (non-hydrogen) atoms. The molecule has 1 rings (SSSR count). The van der Waals surface area contributed by atoms with E-state index in [0.717, 1.165) is 0 Å². The van der Waals surface area contributed by atoms with Crippen molar-refractivity contribution in [3.05, 3.63) is 35.6 Å². The van der Waals surface area contributed by atoms with Crippen LogP contribution in [0.5, 0.6) is 0 Å². The number of nitrogens with one attached hydrogen (secondary N) is 1. The van der Waals surface area contributed by atoms with Crippen LogP contribution >= 0.6 is 0 Å². The van der Waals surface area contributed by atoms with E-state index in [0.29, 0.717) is 5.56 Å². The molecule has 2 nitrogen and oxygen atoms in total. The van der Waals surface area contributed by atoms with Crippen LogP contribution in [0.15, 0.2) is 24.3 Å². The van der Waals surface area contributed by atoms with E-state index in [4.69, 9.17) is 0 Å². The summed E-state index contributed by atoms with van der Waals surface area (Å²) in [4.78, 5) is 0. The van der Waals surface area contributed by atoms with Crippen molar-refractivity contribution >= 4 is 0 Å². The molecule has 0 bridgehead atoms. The van der Waals surface area contributed by atoms with Gasteiger partial charge in [-0.2, -0.15) is 0 Å². The van der Waals surface area contributed by atoms with Crippen LogP contribution in [0, 0.1) is 5.82 Å². The van der Waals surface area contributed by atoms with E-state index >= 15 is 0 Å². The second-order valence-electron chi connectivity index (χ2n) is 2.24. The van der Waals surface area contributed by atoms with Gasteiger partial charge in [-0.05, 0) is 24.7 Å². The van der Waals surface area contributed by atoms with Gasteiger partial charge < -0.3 is 5.11 Å². The van der Waals surface area contributed by atoms with Gasteiger partial charge in [0.25, 0.3) is 0 Å². The van der Waals surface area contributed by atoms with Gasteiger partial charge in [0, 0.05) is 0 Å². The van der Waals surface area contributed by atoms with Gasteiger partial charge in [0.1, 0.15) is 12.0 Å². The Morgan fingerprint density at radius 1 is 1.36 bits per heavy atom. The molecule has 0 spiro atoms. The summed E-state index contributed by atoms with van der Waals surface area (Å²) >= 11 is 0. The van der Waals surface area contributed by atoms with E-state index in [2.05, 4.69) is 5.32 Å². The Labute approximate surface area is 64.7 Å². The molecule has 0 saturated heterocycles. The standard InChI is InChI=1S/C8H10FNO/c1-10-8(11)6-2-4-7(9)5-3-6/h2-5,8,10-11H,1H3. The van der Waals surface area contributed by atoms with Crippen molar-refractivity contribution in [1.29, 1.82) is 0 Å². The van der Waals surface area contributed by atoms with Crippen molar-refractivity contribution in [1.82, 2.24) is 5.32 Å². The molecule has 0 heterocycles. The van der Waals surface area contributed by atoms with Crippen molar-refractivity contribution in [3.8, 4) is 0 Å². The highest BCUT2D eigenvalue weighted by Crippen LogP contribution is 2.09. The summed E-state index contributed by atoms with van der Waals surface area (Å²) in [6, 6.07) is 5.71. The first kappa shape index (κ1) is 8.17. The maximum atomic E-state index is 12.4. The van der Waals surface area contributed by atoms with Crippen LogP contribution in [-0.4, -0.2) is 12.2 Å². The Morgan fingerprint density at radius 2 is 1.91 bits per heavy atom. The van der Waals surface area contributed by atoms with Crippen molar-refractivity contribution < 1.29 is 9.50 Å². The summed E-state index contributed by atoms with van der Waals surface area (Å²) in [5.74, 6) is -0.294. The zero-order chi connectivity index (χ0) is 8.27. The number of rotatable bonds is 2. The maximum Gasteiger partial charge on any atom is 0.130 e. The predicted molar refractivity (Wildman–Crippen MR) is 40.4 cm³/mol. The molecule has 3 heteroatoms. The Balaban J connectivity index is 2.81. The van der Waals surface area contributed by atoms with Crippen molar-refractivity contribution in [2.45, 2.75) is 6.23 Å². The minimum atomic E-state index is -0.712. The minimum Gasteiger partial charge on any atom is -0.374 e. The summed E-state index contributed by atoms with van der Waals surface area (Å²) < 4.78 is 12.4. The van der Waals surface area contributed by atoms with E-state index < -0.39 is 6.23 Å². The molecule has 1 atom stereocenters. The first-order chi connectivity index (χ1) is 5.24. The molecule has 0 saturated carbocycles. The van der Waals surface area contributed by atoms with Gasteiger partial charge in [0.15, 0.2) is 0 Å². The second kappa shape index (κ2) is 3.46. The fraction of sp³-hybridized carbons (Fsp3) is 0.250. The lowest BCUT2D eigenvalue weighted by Gasteiger charge is -2.08. The van der Waals surface area contributed by atoms with E-state index in [9.17, 15) is 9.50 Å². The van der Waals surface area contributed by atoms with Crippen LogP contribution in [0.1, 0.15) is 11.8 Å². The summed E-state index contributed by atoms with van der Waals surface area (Å²) in [5, 5.41) is 11.8. The summed E-state index contributed by atoms with van der Waals surface area (Å²) in [6.07, 6.45) is -0.712. The smallest absolute Gasteiger partial charge is 0.130 e. The number of aliphatic hydroxyl groups is 1. The minimum absolute atomic E-state index is 0.294. The average molecular weight is 155 g/mol. The zero-order valence-electron chi connectivity index (χ0n) is 6.21. The first-order valence-electron chi connectivity index (χ1n) is 3.35. The molecule has 2 N–H and O–H groups in total. The predicted octanol–water partition coefficient (Wildman–Crippen LogP) is 1.04. The van der Waals surface area contributed by atoms with Gasteiger partial charge in [0.05, 0.1) is 0 Å². The summed E-state index contributed by atoms with van der Waals surface area (Å²) in [7, 11) is 1.63. The third kappa shape index (κ3) is 2.00. The van der Waals surface area contributed by atoms with Gasteiger partial charge in [0.2, 0.25) is 0 Å². The molecule has 0 fully saturated rings. The molecule has 60 valence electrons. The van der Waals surface area contributed by atoms with Crippen molar-refractivity contribution in [2.24, 2.45) is 0 Å². The number of halogens is 1. The lowest BCUT2D eigenvalue weighted by molar-refractivity contribution is 0.149. The lowest BCUT2D eigenvalue weighted by Crippen LogP contribution is -2.14. The van der Waals surface area contributed by atoms with Crippen LogP contribution in [0.25, 0.3) is 0 Å². The molecule has 0 aromatic heterocycles. The molecule has 0 aliphatic rings. The van der Waals surface area contributed by atoms with Gasteiger partial charge >= 0.3 is 0 Å². The van der Waals surface area contributed by atoms with Crippen LogP contribution in [0.2, 0.25) is 0 Å². The zero-order valence-corrected chi connectivity index (χ0v) is 6.21. The third-order valence-corrected chi connectivity index (χ3v) is 1.46. The topological polar surface area (TPSA) is 32.3 Å². The molecule has 0 amide bonds. The molecule has 0 aliphatic carbocycles. The third-order valence-electron chi connectivity index (χ3n) is 1.46. The van der Waals surface area contributed by atoms with E-state index in [1.165, 1.54) is 24.3 Å². The second-order valence-corrected chi connectivity index (χ2v) is 2.24. The summed E-state index contributed by atoms with van der Waals surface area (Å²) in [6.45, 7) is 0. The Morgan fingerprint density at radius 3 is 2.36 bits per heavy atom. The molecular formula is C8H10FNO. The molecule has 1 unspecified atom stereocenters. The quantitative estimate of drug-likeness (QED) is 0.625. The monoisotopic (exact) mass is 155 g/mol. The highest BCUT2D eigenvalue weighted by molar-refractivity contribution is 5.17. The number of aliphatic hydroxyl groups excluding tert-OH is 1. The molecule has 1 aromatic rings. The van der Waals surface area contributed by atoms with Gasteiger partial charge in [-0.3, -0.25) is 5.32 Å². The number of hydrogen-bond acceptors (Lipinski definition) is 2. The van der Waals surface area contributed by atoms with Gasteiger partial charge in [-0.1, -0.05) is 12.1 Å². The fourth-order valence-corrected chi connectivity index (χ4v) is 0.812. The van der Waals surface area contributed by atoms with Crippen molar-refractivity contribution in [2.75, 3.05) is 7.05 Å². The average Bonchev–Trinajstić information content (AvgIpc) is 2.05. The van der Waals surface area contributed by atoms with E-state index in [1.54, 1.807) is 7.05 Å². The van der Waals surface area contributed by atoms with Gasteiger partial charge in [-0.25, -0.2) is 4.39 Å². The molecule has 1 aromatic carbocycles. The highest BCUT2D eigenvalue weighted by atomic mass is 19.1. The fourth-order valence-electron chi connectivity index (χ4n) is 0.812. The molecule has 0 radical (unpaired) electrons. The maximum absolute atomic E-state index is 12.4. The largest absolute Gasteiger partial charge is 0.374 e. The first-order valence-corrected chi connectivity index (χ1v) is 3.35. The molecule has 0 aliphatic heterocycles. The normalized spacial score (nSPS) is 13.0. The van der Waals surface area contributed by atoms with Crippen LogP contribution in [-0.2, 0) is 0 Å². The Bertz CT molecular complexity index is 222. The number of hydrogen-bond donors (Lipinski definition) is 2.